The molecule has 2 rings (SSSR count). The van der Waals surface area contributed by atoms with Gasteiger partial charge in [-0.2, -0.15) is 5.10 Å². The van der Waals surface area contributed by atoms with Crippen LogP contribution in [0.4, 0.5) is 4.39 Å². The molecule has 4 nitrogen and oxygen atoms in total. The number of halogens is 2. The van der Waals surface area contributed by atoms with Crippen LogP contribution in [0, 0.1) is 12.7 Å². The predicted molar refractivity (Wildman–Crippen MR) is 80.5 cm³/mol. The van der Waals surface area contributed by atoms with Gasteiger partial charge in [0.2, 0.25) is 0 Å². The van der Waals surface area contributed by atoms with E-state index in [4.69, 9.17) is 11.6 Å². The van der Waals surface area contributed by atoms with Gasteiger partial charge in [-0.25, -0.2) is 9.07 Å². The fourth-order valence-electron chi connectivity index (χ4n) is 2.16. The number of aromatic nitrogens is 2. The van der Waals surface area contributed by atoms with Crippen LogP contribution in [0.2, 0.25) is 5.15 Å². The lowest BCUT2D eigenvalue weighted by molar-refractivity contribution is 0.0772. The van der Waals surface area contributed by atoms with E-state index >= 15 is 0 Å². The molecule has 1 amide bonds. The largest absolute Gasteiger partial charge is 0.339 e. The zero-order valence-electron chi connectivity index (χ0n) is 12.2. The van der Waals surface area contributed by atoms with Gasteiger partial charge in [-0.1, -0.05) is 11.6 Å². The number of hydrogen-bond acceptors (Lipinski definition) is 2. The SMILES string of the molecule is CCN(CC)C(=O)c1c(C)nn(-c2ccc(F)cc2)c1Cl. The molecule has 0 spiro atoms. The molecule has 2 aromatic rings. The summed E-state index contributed by atoms with van der Waals surface area (Å²) in [7, 11) is 0. The van der Waals surface area contributed by atoms with Crippen molar-refractivity contribution >= 4 is 17.5 Å². The van der Waals surface area contributed by atoms with Crippen molar-refractivity contribution in [2.24, 2.45) is 0 Å². The Kier molecular flexibility index (Phi) is 4.63. The Bertz CT molecular complexity index is 648. The minimum Gasteiger partial charge on any atom is -0.339 e. The zero-order valence-corrected chi connectivity index (χ0v) is 13.0. The summed E-state index contributed by atoms with van der Waals surface area (Å²) in [6.45, 7) is 6.77. The molecule has 0 unspecified atom stereocenters. The van der Waals surface area contributed by atoms with Gasteiger partial charge in [0.1, 0.15) is 11.0 Å². The minimum absolute atomic E-state index is 0.143. The first-order valence-electron chi connectivity index (χ1n) is 6.79. The first-order valence-corrected chi connectivity index (χ1v) is 7.17. The number of aryl methyl sites for hydroxylation is 1. The molecule has 0 fully saturated rings. The minimum atomic E-state index is -0.335. The standard InChI is InChI=1S/C15H17ClFN3O/c1-4-19(5-2)15(21)13-10(3)18-20(14(13)16)12-8-6-11(17)7-9-12/h6-9H,4-5H2,1-3H3. The van der Waals surface area contributed by atoms with Gasteiger partial charge >= 0.3 is 0 Å². The maximum absolute atomic E-state index is 13.0. The lowest BCUT2D eigenvalue weighted by Crippen LogP contribution is -2.30. The summed E-state index contributed by atoms with van der Waals surface area (Å²) in [5.74, 6) is -0.478. The smallest absolute Gasteiger partial charge is 0.258 e. The van der Waals surface area contributed by atoms with Crippen LogP contribution in [0.3, 0.4) is 0 Å². The Morgan fingerprint density at radius 1 is 1.29 bits per heavy atom. The van der Waals surface area contributed by atoms with Gasteiger partial charge in [-0.15, -0.1) is 0 Å². The summed E-state index contributed by atoms with van der Waals surface area (Å²) < 4.78 is 14.4. The summed E-state index contributed by atoms with van der Waals surface area (Å²) in [5, 5.41) is 4.54. The third-order valence-electron chi connectivity index (χ3n) is 3.34. The number of nitrogens with zero attached hydrogens (tertiary/aromatic N) is 3. The van der Waals surface area contributed by atoms with Crippen molar-refractivity contribution in [2.75, 3.05) is 13.1 Å². The van der Waals surface area contributed by atoms with Crippen LogP contribution in [0.1, 0.15) is 29.9 Å². The lowest BCUT2D eigenvalue weighted by atomic mass is 10.2. The second-order valence-electron chi connectivity index (χ2n) is 4.62. The fraction of sp³-hybridized carbons (Fsp3) is 0.333. The van der Waals surface area contributed by atoms with Crippen molar-refractivity contribution in [3.8, 4) is 5.69 Å². The molecule has 1 heterocycles. The number of amides is 1. The number of carbonyl (C=O) groups is 1. The van der Waals surface area contributed by atoms with Crippen molar-refractivity contribution in [3.05, 3.63) is 46.5 Å². The average Bonchev–Trinajstić information content (AvgIpc) is 2.76. The fourth-order valence-corrected chi connectivity index (χ4v) is 2.52. The number of hydrogen-bond donors (Lipinski definition) is 0. The van der Waals surface area contributed by atoms with Crippen LogP contribution in [0.15, 0.2) is 24.3 Å². The molecule has 0 aliphatic heterocycles. The molecule has 1 aromatic heterocycles. The molecule has 0 N–H and O–H groups in total. The Hall–Kier alpha value is -1.88. The van der Waals surface area contributed by atoms with Gasteiger partial charge in [0, 0.05) is 13.1 Å². The Morgan fingerprint density at radius 3 is 2.38 bits per heavy atom. The Labute approximate surface area is 128 Å². The Balaban J connectivity index is 2.47. The van der Waals surface area contributed by atoms with E-state index in [1.54, 1.807) is 24.0 Å². The van der Waals surface area contributed by atoms with E-state index in [0.717, 1.165) is 0 Å². The zero-order chi connectivity index (χ0) is 15.6. The van der Waals surface area contributed by atoms with Gasteiger partial charge in [-0.05, 0) is 45.0 Å². The van der Waals surface area contributed by atoms with Crippen molar-refractivity contribution in [1.29, 1.82) is 0 Å². The summed E-state index contributed by atoms with van der Waals surface area (Å²) in [4.78, 5) is 14.2. The van der Waals surface area contributed by atoms with E-state index in [1.165, 1.54) is 16.8 Å². The van der Waals surface area contributed by atoms with Gasteiger partial charge < -0.3 is 4.90 Å². The Morgan fingerprint density at radius 2 is 1.86 bits per heavy atom. The summed E-state index contributed by atoms with van der Waals surface area (Å²) in [5.41, 5.74) is 1.56. The van der Waals surface area contributed by atoms with Crippen molar-refractivity contribution in [1.82, 2.24) is 14.7 Å². The maximum Gasteiger partial charge on any atom is 0.258 e. The molecule has 0 bridgehead atoms. The summed E-state index contributed by atoms with van der Waals surface area (Å²) >= 11 is 6.32. The summed E-state index contributed by atoms with van der Waals surface area (Å²) in [6, 6.07) is 5.79. The van der Waals surface area contributed by atoms with E-state index in [9.17, 15) is 9.18 Å². The number of rotatable bonds is 4. The second-order valence-corrected chi connectivity index (χ2v) is 4.97. The first kappa shape index (κ1) is 15.5. The highest BCUT2D eigenvalue weighted by Crippen LogP contribution is 2.25. The molecule has 0 aliphatic rings. The quantitative estimate of drug-likeness (QED) is 0.867. The third kappa shape index (κ3) is 2.93. The molecule has 1 aromatic carbocycles. The van der Waals surface area contributed by atoms with Crippen LogP contribution in [0.5, 0.6) is 0 Å². The molecule has 112 valence electrons. The highest BCUT2D eigenvalue weighted by atomic mass is 35.5. The average molecular weight is 310 g/mol. The van der Waals surface area contributed by atoms with Crippen molar-refractivity contribution in [3.63, 3.8) is 0 Å². The molecule has 0 aliphatic carbocycles. The van der Waals surface area contributed by atoms with Crippen LogP contribution in [0.25, 0.3) is 5.69 Å². The number of carbonyl (C=O) groups excluding carboxylic acids is 1. The van der Waals surface area contributed by atoms with Gasteiger partial charge in [0.05, 0.1) is 16.9 Å². The second kappa shape index (κ2) is 6.26. The molecule has 0 radical (unpaired) electrons. The molecule has 6 heteroatoms. The lowest BCUT2D eigenvalue weighted by Gasteiger charge is -2.18. The molecule has 21 heavy (non-hydrogen) atoms. The maximum atomic E-state index is 13.0. The van der Waals surface area contributed by atoms with Crippen LogP contribution in [-0.2, 0) is 0 Å². The normalized spacial score (nSPS) is 10.7. The molecular weight excluding hydrogens is 293 g/mol. The topological polar surface area (TPSA) is 38.1 Å². The number of benzene rings is 1. The van der Waals surface area contributed by atoms with E-state index < -0.39 is 0 Å². The van der Waals surface area contributed by atoms with Gasteiger partial charge in [-0.3, -0.25) is 4.79 Å². The highest BCUT2D eigenvalue weighted by Gasteiger charge is 2.24. The molecule has 0 saturated carbocycles. The van der Waals surface area contributed by atoms with Crippen LogP contribution < -0.4 is 0 Å². The van der Waals surface area contributed by atoms with E-state index in [1.807, 2.05) is 13.8 Å². The monoisotopic (exact) mass is 309 g/mol. The van der Waals surface area contributed by atoms with Gasteiger partial charge in [0.15, 0.2) is 0 Å². The van der Waals surface area contributed by atoms with Gasteiger partial charge in [0.25, 0.3) is 5.91 Å². The van der Waals surface area contributed by atoms with Crippen LogP contribution in [-0.4, -0.2) is 33.7 Å². The van der Waals surface area contributed by atoms with Crippen molar-refractivity contribution < 1.29 is 9.18 Å². The highest BCUT2D eigenvalue weighted by molar-refractivity contribution is 6.33. The predicted octanol–water partition coefficient (Wildman–Crippen LogP) is 3.46. The summed E-state index contributed by atoms with van der Waals surface area (Å²) in [6.07, 6.45) is 0. The van der Waals surface area contributed by atoms with Crippen LogP contribution >= 0.6 is 11.6 Å². The third-order valence-corrected chi connectivity index (χ3v) is 3.69. The molecule has 0 saturated heterocycles. The van der Waals surface area contributed by atoms with E-state index in [2.05, 4.69) is 5.10 Å². The van der Waals surface area contributed by atoms with E-state index in [-0.39, 0.29) is 16.9 Å². The molecule has 0 atom stereocenters. The van der Waals surface area contributed by atoms with E-state index in [0.29, 0.717) is 30.0 Å². The molecular formula is C15H17ClFN3O. The first-order chi connectivity index (χ1) is 9.99. The van der Waals surface area contributed by atoms with Crippen molar-refractivity contribution in [2.45, 2.75) is 20.8 Å².